The molecule has 0 unspecified atom stereocenters. The molecule has 0 spiro atoms. The molecule has 2 saturated heterocycles. The Labute approximate surface area is 194 Å². The number of amides is 4. The average Bonchev–Trinajstić information content (AvgIpc) is 3.43. The van der Waals surface area contributed by atoms with Gasteiger partial charge >= 0.3 is 12.0 Å². The minimum atomic E-state index is -0.655. The number of carbonyl (C=O) groups excluding carboxylic acids is 4. The molecule has 1 aromatic carbocycles. The Morgan fingerprint density at radius 1 is 1.15 bits per heavy atom. The predicted octanol–water partition coefficient (Wildman–Crippen LogP) is 1.40. The van der Waals surface area contributed by atoms with Crippen LogP contribution in [0.5, 0.6) is 5.75 Å². The number of urea groups is 1. The average molecular weight is 469 g/mol. The van der Waals surface area contributed by atoms with Gasteiger partial charge in [-0.1, -0.05) is 12.1 Å². The fourth-order valence-corrected chi connectivity index (χ4v) is 3.45. The summed E-state index contributed by atoms with van der Waals surface area (Å²) in [6, 6.07) is 9.11. The molecule has 2 aliphatic rings. The van der Waals surface area contributed by atoms with Gasteiger partial charge in [0.05, 0.1) is 26.9 Å². The summed E-state index contributed by atoms with van der Waals surface area (Å²) in [6.45, 7) is 1.84. The minimum absolute atomic E-state index is 0.0239. The number of hydrogen-bond donors (Lipinski definition) is 1. The number of nitrogens with one attached hydrogen (secondary N) is 1. The first-order chi connectivity index (χ1) is 16.4. The van der Waals surface area contributed by atoms with Gasteiger partial charge in [0.1, 0.15) is 17.2 Å². The van der Waals surface area contributed by atoms with E-state index in [1.54, 1.807) is 29.2 Å². The molecule has 1 N–H and O–H groups in total. The molecule has 0 radical (unpaired) electrons. The molecule has 11 heteroatoms. The van der Waals surface area contributed by atoms with E-state index in [2.05, 4.69) is 10.1 Å². The van der Waals surface area contributed by atoms with Crippen LogP contribution in [0, 0.1) is 0 Å². The molecule has 0 bridgehead atoms. The predicted molar refractivity (Wildman–Crippen MR) is 116 cm³/mol. The van der Waals surface area contributed by atoms with Crippen LogP contribution in [0.3, 0.4) is 0 Å². The minimum Gasteiger partial charge on any atom is -0.484 e. The first kappa shape index (κ1) is 23.1. The molecule has 4 rings (SSSR count). The molecule has 2 aromatic rings. The van der Waals surface area contributed by atoms with Gasteiger partial charge in [-0.3, -0.25) is 14.5 Å². The molecule has 1 aromatic heterocycles. The van der Waals surface area contributed by atoms with Crippen LogP contribution in [0.1, 0.15) is 21.9 Å². The van der Waals surface area contributed by atoms with Gasteiger partial charge in [0.25, 0.3) is 11.8 Å². The van der Waals surface area contributed by atoms with Gasteiger partial charge < -0.3 is 28.8 Å². The van der Waals surface area contributed by atoms with Crippen molar-refractivity contribution in [1.82, 2.24) is 15.1 Å². The number of carbonyl (C=O) groups is 4. The van der Waals surface area contributed by atoms with Gasteiger partial charge in [-0.05, 0) is 35.9 Å². The highest BCUT2D eigenvalue weighted by atomic mass is 16.5. The van der Waals surface area contributed by atoms with Crippen molar-refractivity contribution in [2.45, 2.75) is 6.54 Å². The normalized spacial score (nSPS) is 17.1. The largest absolute Gasteiger partial charge is 0.484 e. The van der Waals surface area contributed by atoms with Crippen LogP contribution in [-0.4, -0.2) is 73.6 Å². The van der Waals surface area contributed by atoms with Gasteiger partial charge in [-0.2, -0.15) is 0 Å². The van der Waals surface area contributed by atoms with Crippen LogP contribution < -0.4 is 10.1 Å². The molecule has 0 aliphatic carbocycles. The Kier molecular flexibility index (Phi) is 6.93. The first-order valence-corrected chi connectivity index (χ1v) is 10.5. The zero-order valence-electron chi connectivity index (χ0n) is 18.4. The number of furan rings is 1. The first-order valence-electron chi connectivity index (χ1n) is 10.5. The van der Waals surface area contributed by atoms with Gasteiger partial charge in [0.15, 0.2) is 6.61 Å². The van der Waals surface area contributed by atoms with E-state index in [1.165, 1.54) is 25.3 Å². The molecule has 0 atom stereocenters. The number of benzene rings is 1. The highest BCUT2D eigenvalue weighted by Crippen LogP contribution is 2.21. The van der Waals surface area contributed by atoms with Crippen LogP contribution >= 0.6 is 0 Å². The van der Waals surface area contributed by atoms with Gasteiger partial charge in [-0.15, -0.1) is 0 Å². The molecule has 11 nitrogen and oxygen atoms in total. The Hall–Kier alpha value is -4.12. The van der Waals surface area contributed by atoms with Crippen LogP contribution in [-0.2, 0) is 25.6 Å². The number of methoxy groups -OCH3 is 1. The third-order valence-corrected chi connectivity index (χ3v) is 5.22. The molecule has 4 amide bonds. The zero-order valence-corrected chi connectivity index (χ0v) is 18.4. The number of ether oxygens (including phenoxy) is 3. The Morgan fingerprint density at radius 3 is 2.71 bits per heavy atom. The second-order valence-corrected chi connectivity index (χ2v) is 7.49. The molecule has 2 aliphatic heterocycles. The maximum Gasteiger partial charge on any atom is 0.373 e. The molecular weight excluding hydrogens is 446 g/mol. The van der Waals surface area contributed by atoms with Gasteiger partial charge in [0, 0.05) is 13.1 Å². The number of rotatable bonds is 7. The lowest BCUT2D eigenvalue weighted by atomic mass is 10.2. The zero-order chi connectivity index (χ0) is 24.1. The van der Waals surface area contributed by atoms with E-state index in [0.717, 1.165) is 4.90 Å². The van der Waals surface area contributed by atoms with E-state index in [0.29, 0.717) is 37.6 Å². The van der Waals surface area contributed by atoms with Gasteiger partial charge in [0.2, 0.25) is 5.76 Å². The van der Waals surface area contributed by atoms with Gasteiger partial charge in [-0.25, -0.2) is 9.59 Å². The summed E-state index contributed by atoms with van der Waals surface area (Å²) in [5.41, 5.74) is 0.680. The lowest BCUT2D eigenvalue weighted by molar-refractivity contribution is -0.137. The Morgan fingerprint density at radius 2 is 1.94 bits per heavy atom. The summed E-state index contributed by atoms with van der Waals surface area (Å²) < 4.78 is 20.8. The SMILES string of the molecule is COC(=O)c1ccc(CN2C(=O)N/C(=C\c3cccc(OCC(=O)N4CCOCC4)c3)C2=O)o1. The summed E-state index contributed by atoms with van der Waals surface area (Å²) in [7, 11) is 1.22. The second-order valence-electron chi connectivity index (χ2n) is 7.49. The molecule has 34 heavy (non-hydrogen) atoms. The number of morpholine rings is 1. The Bertz CT molecular complexity index is 1130. The van der Waals surface area contributed by atoms with Crippen molar-refractivity contribution in [3.63, 3.8) is 0 Å². The monoisotopic (exact) mass is 469 g/mol. The van der Waals surface area contributed by atoms with Crippen molar-refractivity contribution in [2.24, 2.45) is 0 Å². The summed E-state index contributed by atoms with van der Waals surface area (Å²) in [4.78, 5) is 51.5. The third-order valence-electron chi connectivity index (χ3n) is 5.22. The van der Waals surface area contributed by atoms with E-state index in [-0.39, 0.29) is 36.3 Å². The molecule has 178 valence electrons. The molecule has 2 fully saturated rings. The van der Waals surface area contributed by atoms with Crippen LogP contribution in [0.2, 0.25) is 0 Å². The van der Waals surface area contributed by atoms with Crippen molar-refractivity contribution in [2.75, 3.05) is 40.0 Å². The van der Waals surface area contributed by atoms with E-state index in [4.69, 9.17) is 13.9 Å². The van der Waals surface area contributed by atoms with Crippen LogP contribution in [0.15, 0.2) is 46.5 Å². The summed E-state index contributed by atoms with van der Waals surface area (Å²) in [5.74, 6) is -0.646. The third kappa shape index (κ3) is 5.26. The highest BCUT2D eigenvalue weighted by Gasteiger charge is 2.34. The van der Waals surface area contributed by atoms with E-state index in [9.17, 15) is 19.2 Å². The summed E-state index contributed by atoms with van der Waals surface area (Å²) in [5, 5.41) is 2.53. The molecular formula is C23H23N3O8. The van der Waals surface area contributed by atoms with Crippen molar-refractivity contribution < 1.29 is 37.8 Å². The fourth-order valence-electron chi connectivity index (χ4n) is 3.45. The fraction of sp³-hybridized carbons (Fsp3) is 0.304. The van der Waals surface area contributed by atoms with Crippen molar-refractivity contribution in [3.05, 3.63) is 59.2 Å². The lowest BCUT2D eigenvalue weighted by Crippen LogP contribution is -2.42. The van der Waals surface area contributed by atoms with E-state index >= 15 is 0 Å². The summed E-state index contributed by atoms with van der Waals surface area (Å²) >= 11 is 0. The summed E-state index contributed by atoms with van der Waals surface area (Å²) in [6.07, 6.45) is 1.51. The standard InChI is InChI=1S/C23H23N3O8/c1-31-22(29)19-6-5-17(34-19)13-26-21(28)18(24-23(26)30)12-15-3-2-4-16(11-15)33-14-20(27)25-7-9-32-10-8-25/h2-6,11-12H,7-10,13-14H2,1H3,(H,24,30)/b18-12-. The smallest absolute Gasteiger partial charge is 0.373 e. The lowest BCUT2D eigenvalue weighted by Gasteiger charge is -2.26. The molecule has 3 heterocycles. The van der Waals surface area contributed by atoms with E-state index in [1.807, 2.05) is 0 Å². The van der Waals surface area contributed by atoms with Crippen LogP contribution in [0.4, 0.5) is 4.79 Å². The number of imide groups is 1. The Balaban J connectivity index is 1.39. The second kappa shape index (κ2) is 10.2. The topological polar surface area (TPSA) is 128 Å². The number of hydrogen-bond acceptors (Lipinski definition) is 8. The molecule has 0 saturated carbocycles. The number of esters is 1. The number of nitrogens with zero attached hydrogens (tertiary/aromatic N) is 2. The van der Waals surface area contributed by atoms with Crippen LogP contribution in [0.25, 0.3) is 6.08 Å². The highest BCUT2D eigenvalue weighted by molar-refractivity contribution is 6.13. The maximum absolute atomic E-state index is 12.7. The quantitative estimate of drug-likeness (QED) is 0.366. The van der Waals surface area contributed by atoms with Crippen molar-refractivity contribution in [3.8, 4) is 5.75 Å². The van der Waals surface area contributed by atoms with Crippen molar-refractivity contribution in [1.29, 1.82) is 0 Å². The van der Waals surface area contributed by atoms with Crippen molar-refractivity contribution >= 4 is 29.9 Å². The van der Waals surface area contributed by atoms with E-state index < -0.39 is 17.9 Å². The maximum atomic E-state index is 12.7.